The molecule has 7 heteroatoms. The number of Topliss-reactive ketones (excluding diaryl/α,β-unsaturated/α-hetero) is 1. The van der Waals surface area contributed by atoms with Gasteiger partial charge in [0.15, 0.2) is 5.78 Å². The van der Waals surface area contributed by atoms with E-state index in [1.54, 1.807) is 43.3 Å². The van der Waals surface area contributed by atoms with Crippen LogP contribution in [0.1, 0.15) is 45.2 Å². The molecule has 1 heterocycles. The number of hydrogen-bond donors (Lipinski definition) is 2. The zero-order chi connectivity index (χ0) is 19.4. The molecule has 1 aliphatic heterocycles. The van der Waals surface area contributed by atoms with E-state index in [2.05, 4.69) is 0 Å². The summed E-state index contributed by atoms with van der Waals surface area (Å²) in [7, 11) is -1.19. The summed E-state index contributed by atoms with van der Waals surface area (Å²) in [6, 6.07) is 11.9. The van der Waals surface area contributed by atoms with Crippen molar-refractivity contribution >= 4 is 18.9 Å². The second kappa shape index (κ2) is 8.37. The maximum absolute atomic E-state index is 12.5. The van der Waals surface area contributed by atoms with E-state index in [0.717, 1.165) is 11.1 Å². The Hall–Kier alpha value is -2.64. The minimum atomic E-state index is -1.19. The van der Waals surface area contributed by atoms with Gasteiger partial charge in [-0.25, -0.2) is 4.79 Å². The number of ketones is 1. The summed E-state index contributed by atoms with van der Waals surface area (Å²) >= 11 is 0. The summed E-state index contributed by atoms with van der Waals surface area (Å²) in [5.74, 6) is -0.711. The lowest BCUT2D eigenvalue weighted by Crippen LogP contribution is -2.36. The average molecular weight is 368 g/mol. The number of rotatable bonds is 6. The van der Waals surface area contributed by atoms with Gasteiger partial charge in [-0.05, 0) is 30.5 Å². The van der Waals surface area contributed by atoms with Crippen molar-refractivity contribution in [3.63, 3.8) is 0 Å². The molecule has 1 aliphatic rings. The van der Waals surface area contributed by atoms with Gasteiger partial charge in [-0.3, -0.25) is 4.79 Å². The van der Waals surface area contributed by atoms with Gasteiger partial charge in [0.05, 0.1) is 13.2 Å². The number of esters is 1. The van der Waals surface area contributed by atoms with Gasteiger partial charge in [0.1, 0.15) is 11.3 Å². The van der Waals surface area contributed by atoms with Crippen LogP contribution in [-0.2, 0) is 17.8 Å². The Labute approximate surface area is 157 Å². The number of fused-ring (bicyclic) bond motifs is 1. The maximum atomic E-state index is 12.5. The van der Waals surface area contributed by atoms with Crippen LogP contribution in [-0.4, -0.2) is 35.6 Å². The summed E-state index contributed by atoms with van der Waals surface area (Å²) in [5.41, 5.74) is 2.29. The first-order valence-corrected chi connectivity index (χ1v) is 8.90. The minimum Gasteiger partial charge on any atom is -0.535 e. The molecule has 0 saturated heterocycles. The molecule has 2 N–H and O–H groups in total. The SMILES string of the molecule is CCOC(=O)c1cccc2c1OB(O)[C@@H](CC(=O)c1ccc(CO)cc1)C2. The number of benzene rings is 2. The van der Waals surface area contributed by atoms with Crippen molar-refractivity contribution in [3.8, 4) is 5.75 Å². The Balaban J connectivity index is 1.75. The molecule has 0 radical (unpaired) electrons. The summed E-state index contributed by atoms with van der Waals surface area (Å²) in [6.07, 6.45) is 0.535. The molecule has 0 fully saturated rings. The van der Waals surface area contributed by atoms with Gasteiger partial charge in [-0.15, -0.1) is 0 Å². The van der Waals surface area contributed by atoms with Gasteiger partial charge >= 0.3 is 13.1 Å². The van der Waals surface area contributed by atoms with Crippen molar-refractivity contribution in [2.24, 2.45) is 0 Å². The summed E-state index contributed by atoms with van der Waals surface area (Å²) in [5, 5.41) is 19.5. The summed E-state index contributed by atoms with van der Waals surface area (Å²) < 4.78 is 10.6. The van der Waals surface area contributed by atoms with E-state index in [4.69, 9.17) is 14.5 Å². The molecular formula is C20H21BO6. The third kappa shape index (κ3) is 4.20. The summed E-state index contributed by atoms with van der Waals surface area (Å²) in [6.45, 7) is 1.89. The van der Waals surface area contributed by atoms with Gasteiger partial charge in [-0.2, -0.15) is 0 Å². The highest BCUT2D eigenvalue weighted by atomic mass is 16.5. The summed E-state index contributed by atoms with van der Waals surface area (Å²) in [4.78, 5) is 24.6. The van der Waals surface area contributed by atoms with E-state index < -0.39 is 18.9 Å². The first-order valence-electron chi connectivity index (χ1n) is 8.90. The highest BCUT2D eigenvalue weighted by molar-refractivity contribution is 6.47. The van der Waals surface area contributed by atoms with Crippen molar-refractivity contribution in [2.75, 3.05) is 6.61 Å². The van der Waals surface area contributed by atoms with E-state index in [1.165, 1.54) is 0 Å². The van der Waals surface area contributed by atoms with Crippen molar-refractivity contribution < 1.29 is 29.1 Å². The molecule has 2 aromatic carbocycles. The monoisotopic (exact) mass is 368 g/mol. The molecule has 6 nitrogen and oxygen atoms in total. The smallest absolute Gasteiger partial charge is 0.526 e. The van der Waals surface area contributed by atoms with Crippen molar-refractivity contribution in [2.45, 2.75) is 32.2 Å². The van der Waals surface area contributed by atoms with Crippen LogP contribution in [0.2, 0.25) is 5.82 Å². The first-order chi connectivity index (χ1) is 13.0. The molecule has 0 saturated carbocycles. The number of para-hydroxylation sites is 1. The quantitative estimate of drug-likeness (QED) is 0.462. The van der Waals surface area contributed by atoms with Gasteiger partial charge in [0, 0.05) is 17.8 Å². The lowest BCUT2D eigenvalue weighted by Gasteiger charge is -2.28. The lowest BCUT2D eigenvalue weighted by molar-refractivity contribution is 0.0523. The van der Waals surface area contributed by atoms with E-state index in [9.17, 15) is 14.6 Å². The standard InChI is InChI=1S/C20H21BO6/c1-2-26-20(24)17-5-3-4-15-10-16(21(25)27-19(15)17)11-18(23)14-8-6-13(12-22)7-9-14/h3-9,16,22,25H,2,10-12H2,1H3/t16-/m1/s1. The molecule has 0 unspecified atom stereocenters. The Morgan fingerprint density at radius 3 is 2.63 bits per heavy atom. The molecule has 27 heavy (non-hydrogen) atoms. The number of carbonyl (C=O) groups excluding carboxylic acids is 2. The van der Waals surface area contributed by atoms with Gasteiger partial charge in [0.2, 0.25) is 0 Å². The Morgan fingerprint density at radius 1 is 1.22 bits per heavy atom. The van der Waals surface area contributed by atoms with Crippen LogP contribution in [0.5, 0.6) is 5.75 Å². The third-order valence-electron chi connectivity index (χ3n) is 4.62. The van der Waals surface area contributed by atoms with Gasteiger partial charge in [-0.1, -0.05) is 36.4 Å². The molecule has 0 aromatic heterocycles. The van der Waals surface area contributed by atoms with Crippen LogP contribution in [0.25, 0.3) is 0 Å². The van der Waals surface area contributed by atoms with Crippen LogP contribution < -0.4 is 4.65 Å². The predicted octanol–water partition coefficient (Wildman–Crippen LogP) is 2.41. The number of carbonyl (C=O) groups is 2. The normalized spacial score (nSPS) is 15.7. The number of ether oxygens (including phenoxy) is 1. The minimum absolute atomic E-state index is 0.0801. The molecule has 2 aromatic rings. The highest BCUT2D eigenvalue weighted by Gasteiger charge is 2.38. The van der Waals surface area contributed by atoms with Crippen LogP contribution in [0, 0.1) is 0 Å². The average Bonchev–Trinajstić information content (AvgIpc) is 2.68. The van der Waals surface area contributed by atoms with E-state index in [1.807, 2.05) is 6.07 Å². The lowest BCUT2D eigenvalue weighted by atomic mass is 9.64. The van der Waals surface area contributed by atoms with E-state index in [-0.39, 0.29) is 31.0 Å². The Morgan fingerprint density at radius 2 is 1.96 bits per heavy atom. The van der Waals surface area contributed by atoms with Crippen LogP contribution >= 0.6 is 0 Å². The fraction of sp³-hybridized carbons (Fsp3) is 0.300. The molecule has 0 amide bonds. The fourth-order valence-corrected chi connectivity index (χ4v) is 3.18. The molecule has 1 atom stereocenters. The zero-order valence-electron chi connectivity index (χ0n) is 15.1. The molecule has 3 rings (SSSR count). The Kier molecular flexibility index (Phi) is 5.93. The van der Waals surface area contributed by atoms with Crippen LogP contribution in [0.3, 0.4) is 0 Å². The Bertz CT molecular complexity index is 833. The highest BCUT2D eigenvalue weighted by Crippen LogP contribution is 2.37. The topological polar surface area (TPSA) is 93.1 Å². The van der Waals surface area contributed by atoms with E-state index in [0.29, 0.717) is 17.7 Å². The third-order valence-corrected chi connectivity index (χ3v) is 4.62. The second-order valence-corrected chi connectivity index (χ2v) is 6.47. The number of hydrogen-bond acceptors (Lipinski definition) is 6. The molecular weight excluding hydrogens is 347 g/mol. The molecule has 0 aliphatic carbocycles. The molecule has 0 spiro atoms. The predicted molar refractivity (Wildman–Crippen MR) is 99.8 cm³/mol. The number of aliphatic hydroxyl groups excluding tert-OH is 1. The van der Waals surface area contributed by atoms with Crippen LogP contribution in [0.15, 0.2) is 42.5 Å². The first kappa shape index (κ1) is 19.1. The van der Waals surface area contributed by atoms with Crippen molar-refractivity contribution in [1.82, 2.24) is 0 Å². The van der Waals surface area contributed by atoms with Crippen molar-refractivity contribution in [3.05, 3.63) is 64.7 Å². The zero-order valence-corrected chi connectivity index (χ0v) is 15.1. The van der Waals surface area contributed by atoms with E-state index >= 15 is 0 Å². The maximum Gasteiger partial charge on any atom is 0.526 e. The second-order valence-electron chi connectivity index (χ2n) is 6.47. The molecule has 0 bridgehead atoms. The molecule has 140 valence electrons. The van der Waals surface area contributed by atoms with Crippen LogP contribution in [0.4, 0.5) is 0 Å². The number of aliphatic hydroxyl groups is 1. The van der Waals surface area contributed by atoms with Gasteiger partial charge < -0.3 is 19.5 Å². The fourth-order valence-electron chi connectivity index (χ4n) is 3.18. The van der Waals surface area contributed by atoms with Crippen molar-refractivity contribution in [1.29, 1.82) is 0 Å². The van der Waals surface area contributed by atoms with Gasteiger partial charge in [0.25, 0.3) is 0 Å². The largest absolute Gasteiger partial charge is 0.535 e.